The molecular weight excluding hydrogens is 440 g/mol. The van der Waals surface area contributed by atoms with Crippen molar-refractivity contribution >= 4 is 28.2 Å². The number of fused-ring (bicyclic) bond motifs is 1. The van der Waals surface area contributed by atoms with E-state index in [0.29, 0.717) is 42.8 Å². The maximum absolute atomic E-state index is 13.1. The van der Waals surface area contributed by atoms with E-state index < -0.39 is 11.9 Å². The maximum atomic E-state index is 13.1. The summed E-state index contributed by atoms with van der Waals surface area (Å²) in [4.78, 5) is 26.3. The van der Waals surface area contributed by atoms with Crippen LogP contribution >= 0.6 is 0 Å². The van der Waals surface area contributed by atoms with Crippen LogP contribution in [0.1, 0.15) is 52.5 Å². The predicted octanol–water partition coefficient (Wildman–Crippen LogP) is 4.52. The lowest BCUT2D eigenvalue weighted by Crippen LogP contribution is -2.77. The molecule has 1 unspecified atom stereocenters. The van der Waals surface area contributed by atoms with Crippen molar-refractivity contribution in [2.45, 2.75) is 52.4 Å². The van der Waals surface area contributed by atoms with Gasteiger partial charge in [0.05, 0.1) is 25.1 Å². The Bertz CT molecular complexity index is 1160. The fourth-order valence-corrected chi connectivity index (χ4v) is 4.99. The Morgan fingerprint density at radius 1 is 1.20 bits per heavy atom. The average Bonchev–Trinajstić information content (AvgIpc) is 2.82. The summed E-state index contributed by atoms with van der Waals surface area (Å²) >= 11 is 0. The Hall–Kier alpha value is -3.12. The minimum Gasteiger partial charge on any atom is -0.494 e. The third-order valence-corrected chi connectivity index (χ3v) is 7.04. The smallest absolute Gasteiger partial charge is 0.306 e. The van der Waals surface area contributed by atoms with Crippen LogP contribution in [0.2, 0.25) is 0 Å². The van der Waals surface area contributed by atoms with Gasteiger partial charge in [0, 0.05) is 19.2 Å². The number of quaternary nitrogens is 1. The van der Waals surface area contributed by atoms with E-state index in [2.05, 4.69) is 62.5 Å². The Balaban J connectivity index is 1.87. The molecule has 0 radical (unpaired) electrons. The summed E-state index contributed by atoms with van der Waals surface area (Å²) in [6, 6.07) is 12.8. The summed E-state index contributed by atoms with van der Waals surface area (Å²) in [5, 5.41) is 14.0. The molecule has 3 N–H and O–H groups in total. The lowest BCUT2D eigenvalue weighted by molar-refractivity contribution is -0.568. The molecule has 35 heavy (non-hydrogen) atoms. The topological polar surface area (TPSA) is 83.5 Å². The number of rotatable bonds is 12. The van der Waals surface area contributed by atoms with Crippen molar-refractivity contribution < 1.29 is 24.7 Å². The van der Waals surface area contributed by atoms with E-state index in [4.69, 9.17) is 4.74 Å². The number of Topliss-reactive ketones (excluding diaryl/α,β-unsaturated/α-hetero) is 1. The van der Waals surface area contributed by atoms with Crippen molar-refractivity contribution in [3.05, 3.63) is 65.1 Å². The third kappa shape index (κ3) is 5.43. The van der Waals surface area contributed by atoms with Crippen LogP contribution in [0.3, 0.4) is 0 Å². The Morgan fingerprint density at radius 2 is 1.91 bits per heavy atom. The zero-order chi connectivity index (χ0) is 25.8. The summed E-state index contributed by atoms with van der Waals surface area (Å²) in [6.07, 6.45) is 3.74. The van der Waals surface area contributed by atoms with E-state index >= 15 is 0 Å². The van der Waals surface area contributed by atoms with Crippen molar-refractivity contribution in [2.24, 2.45) is 5.92 Å². The van der Waals surface area contributed by atoms with Crippen LogP contribution in [-0.2, 0) is 19.7 Å². The van der Waals surface area contributed by atoms with Crippen molar-refractivity contribution in [1.82, 2.24) is 4.90 Å². The SMILES string of the molecule is CC[NH2+]c1ccc2ccccc2c1C(C)(C)C/C=C1\C(=O)C(N(C)CCC(CC)C(=O)O)=C1OC. The highest BCUT2D eigenvalue weighted by Gasteiger charge is 2.38. The predicted molar refractivity (Wildman–Crippen MR) is 140 cm³/mol. The number of allylic oxidation sites excluding steroid dienone is 3. The second-order valence-electron chi connectivity index (χ2n) is 9.93. The Labute approximate surface area is 208 Å². The normalized spacial score (nSPS) is 15.9. The monoisotopic (exact) mass is 479 g/mol. The highest BCUT2D eigenvalue weighted by Crippen LogP contribution is 2.40. The lowest BCUT2D eigenvalue weighted by atomic mass is 9.76. The maximum Gasteiger partial charge on any atom is 0.306 e. The number of methoxy groups -OCH3 is 1. The zero-order valence-corrected chi connectivity index (χ0v) is 21.9. The molecule has 2 aromatic rings. The number of aliphatic carboxylic acids is 1. The van der Waals surface area contributed by atoms with Crippen molar-refractivity contribution in [2.75, 3.05) is 27.2 Å². The fraction of sp³-hybridized carbons (Fsp3) is 0.448. The molecule has 0 aromatic heterocycles. The summed E-state index contributed by atoms with van der Waals surface area (Å²) < 4.78 is 5.61. The second-order valence-corrected chi connectivity index (χ2v) is 9.93. The first kappa shape index (κ1) is 26.5. The molecule has 1 atom stereocenters. The molecular formula is C29H39N2O4+. The number of carbonyl (C=O) groups is 2. The molecule has 1 aliphatic rings. The minimum atomic E-state index is -0.794. The number of ketones is 1. The summed E-state index contributed by atoms with van der Waals surface area (Å²) in [5.74, 6) is -0.653. The van der Waals surface area contributed by atoms with Gasteiger partial charge in [-0.1, -0.05) is 51.1 Å². The van der Waals surface area contributed by atoms with Gasteiger partial charge in [-0.05, 0) is 54.5 Å². The number of nitrogens with zero attached hydrogens (tertiary/aromatic N) is 1. The number of likely N-dealkylation sites (N-methyl/N-ethyl adjacent to an activating group) is 1. The van der Waals surface area contributed by atoms with Gasteiger partial charge in [-0.3, -0.25) is 9.59 Å². The van der Waals surface area contributed by atoms with Gasteiger partial charge >= 0.3 is 5.97 Å². The molecule has 6 heteroatoms. The standard InChI is InChI=1S/C29H38N2O4/c1-7-19(28(33)34)16-18-31(5)25-26(32)22(27(25)35-6)15-17-29(3,4)24-21-12-10-9-11-20(21)13-14-23(24)30-8-2/h9-15,19,30H,7-8,16-18H2,1-6H3,(H,33,34)/p+1/b22-15+. The average molecular weight is 480 g/mol. The molecule has 0 amide bonds. The van der Waals surface area contributed by atoms with Crippen molar-refractivity contribution in [1.29, 1.82) is 0 Å². The van der Waals surface area contributed by atoms with Crippen LogP contribution in [0, 0.1) is 5.92 Å². The minimum absolute atomic E-state index is 0.0400. The van der Waals surface area contributed by atoms with Crippen molar-refractivity contribution in [3.8, 4) is 0 Å². The summed E-state index contributed by atoms with van der Waals surface area (Å²) in [6.45, 7) is 9.91. The number of benzene rings is 2. The van der Waals surface area contributed by atoms with E-state index in [-0.39, 0.29) is 11.2 Å². The molecule has 3 rings (SSSR count). The number of hydrogen-bond donors (Lipinski definition) is 2. The van der Waals surface area contributed by atoms with Crippen LogP contribution in [0.4, 0.5) is 5.69 Å². The van der Waals surface area contributed by atoms with Gasteiger partial charge in [0.2, 0.25) is 5.78 Å². The van der Waals surface area contributed by atoms with E-state index in [9.17, 15) is 14.7 Å². The molecule has 0 aliphatic heterocycles. The van der Waals surface area contributed by atoms with Crippen LogP contribution in [-0.4, -0.2) is 49.0 Å². The molecule has 6 nitrogen and oxygen atoms in total. The van der Waals surface area contributed by atoms with Gasteiger partial charge in [-0.15, -0.1) is 0 Å². The van der Waals surface area contributed by atoms with Gasteiger partial charge in [0.1, 0.15) is 11.4 Å². The molecule has 0 bridgehead atoms. The van der Waals surface area contributed by atoms with Gasteiger partial charge in [0.15, 0.2) is 5.76 Å². The molecule has 0 saturated carbocycles. The largest absolute Gasteiger partial charge is 0.494 e. The van der Waals surface area contributed by atoms with E-state index in [1.807, 2.05) is 24.9 Å². The lowest BCUT2D eigenvalue weighted by Gasteiger charge is -2.33. The number of ether oxygens (including phenoxy) is 1. The Kier molecular flexibility index (Phi) is 8.39. The van der Waals surface area contributed by atoms with Crippen LogP contribution in [0.15, 0.2) is 59.5 Å². The quantitative estimate of drug-likeness (QED) is 0.345. The highest BCUT2D eigenvalue weighted by atomic mass is 16.5. The molecule has 188 valence electrons. The first-order chi connectivity index (χ1) is 16.7. The molecule has 2 aromatic carbocycles. The van der Waals surface area contributed by atoms with Crippen LogP contribution < -0.4 is 5.32 Å². The van der Waals surface area contributed by atoms with Crippen LogP contribution in [0.25, 0.3) is 10.8 Å². The number of carboxylic acid groups (broad SMARTS) is 1. The molecule has 1 aliphatic carbocycles. The highest BCUT2D eigenvalue weighted by molar-refractivity contribution is 6.18. The number of carboxylic acids is 1. The van der Waals surface area contributed by atoms with E-state index in [1.165, 1.54) is 22.0 Å². The second kappa shape index (κ2) is 11.1. The first-order valence-electron chi connectivity index (χ1n) is 12.5. The number of hydrogen-bond acceptors (Lipinski definition) is 4. The summed E-state index contributed by atoms with van der Waals surface area (Å²) in [7, 11) is 3.41. The fourth-order valence-electron chi connectivity index (χ4n) is 4.99. The van der Waals surface area contributed by atoms with Gasteiger partial charge in [0.25, 0.3) is 0 Å². The van der Waals surface area contributed by atoms with E-state index in [1.54, 1.807) is 7.11 Å². The third-order valence-electron chi connectivity index (χ3n) is 7.04. The van der Waals surface area contributed by atoms with Crippen LogP contribution in [0.5, 0.6) is 0 Å². The molecule has 0 fully saturated rings. The van der Waals surface area contributed by atoms with Crippen molar-refractivity contribution in [3.63, 3.8) is 0 Å². The molecule has 0 heterocycles. The van der Waals surface area contributed by atoms with Gasteiger partial charge in [-0.2, -0.15) is 0 Å². The number of carbonyl (C=O) groups excluding carboxylic acids is 1. The van der Waals surface area contributed by atoms with Gasteiger partial charge < -0.3 is 20.1 Å². The molecule has 0 spiro atoms. The zero-order valence-electron chi connectivity index (χ0n) is 21.9. The number of nitrogens with two attached hydrogens (primary N) is 1. The van der Waals surface area contributed by atoms with E-state index in [0.717, 1.165) is 6.54 Å². The summed E-state index contributed by atoms with van der Waals surface area (Å²) in [5.41, 5.74) is 3.46. The first-order valence-corrected chi connectivity index (χ1v) is 12.5. The molecule has 0 saturated heterocycles. The van der Waals surface area contributed by atoms with Gasteiger partial charge in [-0.25, -0.2) is 0 Å². The Morgan fingerprint density at radius 3 is 2.54 bits per heavy atom.